The highest BCUT2D eigenvalue weighted by Gasteiger charge is 2.02. The fraction of sp³-hybridized carbons (Fsp3) is 1.00. The van der Waals surface area contributed by atoms with Gasteiger partial charge in [0.2, 0.25) is 0 Å². The topological polar surface area (TPSA) is 18.5 Å². The maximum Gasteiger partial charge on any atom is 0.0590 e. The molecule has 0 saturated carbocycles. The lowest BCUT2D eigenvalue weighted by Crippen LogP contribution is -2.12. The van der Waals surface area contributed by atoms with Gasteiger partial charge in [-0.2, -0.15) is 0 Å². The molecule has 0 aliphatic carbocycles. The molecule has 68 valence electrons. The summed E-state index contributed by atoms with van der Waals surface area (Å²) in [5.74, 6) is 0. The Morgan fingerprint density at radius 1 is 1.18 bits per heavy atom. The number of rotatable bonds is 7. The first kappa shape index (κ1) is 10.9. The van der Waals surface area contributed by atoms with Gasteiger partial charge < -0.3 is 9.47 Å². The summed E-state index contributed by atoms with van der Waals surface area (Å²) in [5, 5.41) is 0. The summed E-state index contributed by atoms with van der Waals surface area (Å²) < 4.78 is 10.5. The molecule has 0 aromatic rings. The summed E-state index contributed by atoms with van der Waals surface area (Å²) in [4.78, 5) is 0. The predicted molar refractivity (Wildman–Crippen MR) is 46.8 cm³/mol. The number of methoxy groups -OCH3 is 1. The third-order valence-electron chi connectivity index (χ3n) is 1.72. The van der Waals surface area contributed by atoms with Gasteiger partial charge in [0.05, 0.1) is 6.10 Å². The third kappa shape index (κ3) is 6.32. The van der Waals surface area contributed by atoms with Crippen molar-refractivity contribution in [2.45, 2.75) is 39.2 Å². The van der Waals surface area contributed by atoms with Crippen LogP contribution in [-0.2, 0) is 9.47 Å². The van der Waals surface area contributed by atoms with Crippen molar-refractivity contribution in [2.24, 2.45) is 0 Å². The normalized spacial score (nSPS) is 13.4. The predicted octanol–water partition coefficient (Wildman–Crippen LogP) is 2.23. The highest BCUT2D eigenvalue weighted by atomic mass is 16.5. The lowest BCUT2D eigenvalue weighted by molar-refractivity contribution is 0.0501. The second-order valence-corrected chi connectivity index (χ2v) is 2.67. The average molecular weight is 160 g/mol. The van der Waals surface area contributed by atoms with Crippen LogP contribution in [0, 0.1) is 0 Å². The SMILES string of the molecule is CCCOCCC(CC)OC. The number of ether oxygens (including phenoxy) is 2. The summed E-state index contributed by atoms with van der Waals surface area (Å²) in [6.07, 6.45) is 3.58. The summed E-state index contributed by atoms with van der Waals surface area (Å²) in [6, 6.07) is 0. The molecule has 2 heteroatoms. The highest BCUT2D eigenvalue weighted by Crippen LogP contribution is 2.01. The molecular formula is C9H20O2. The Balaban J connectivity index is 3.07. The van der Waals surface area contributed by atoms with E-state index < -0.39 is 0 Å². The van der Waals surface area contributed by atoms with Gasteiger partial charge in [-0.25, -0.2) is 0 Å². The quantitative estimate of drug-likeness (QED) is 0.532. The zero-order chi connectivity index (χ0) is 8.53. The summed E-state index contributed by atoms with van der Waals surface area (Å²) in [7, 11) is 1.76. The maximum absolute atomic E-state index is 5.34. The van der Waals surface area contributed by atoms with Crippen molar-refractivity contribution in [3.63, 3.8) is 0 Å². The van der Waals surface area contributed by atoms with Crippen molar-refractivity contribution < 1.29 is 9.47 Å². The minimum absolute atomic E-state index is 0.381. The van der Waals surface area contributed by atoms with Gasteiger partial charge in [-0.3, -0.25) is 0 Å². The summed E-state index contributed by atoms with van der Waals surface area (Å²) in [5.41, 5.74) is 0. The van der Waals surface area contributed by atoms with Gasteiger partial charge in [0.1, 0.15) is 0 Å². The molecule has 0 bridgehead atoms. The van der Waals surface area contributed by atoms with Gasteiger partial charge in [0.15, 0.2) is 0 Å². The molecule has 1 unspecified atom stereocenters. The van der Waals surface area contributed by atoms with Crippen LogP contribution < -0.4 is 0 Å². The van der Waals surface area contributed by atoms with Gasteiger partial charge in [-0.1, -0.05) is 13.8 Å². The lowest BCUT2D eigenvalue weighted by atomic mass is 10.2. The second-order valence-electron chi connectivity index (χ2n) is 2.67. The van der Waals surface area contributed by atoms with E-state index >= 15 is 0 Å². The van der Waals surface area contributed by atoms with Crippen LogP contribution in [0.5, 0.6) is 0 Å². The molecule has 0 radical (unpaired) electrons. The van der Waals surface area contributed by atoms with E-state index in [1.54, 1.807) is 7.11 Å². The van der Waals surface area contributed by atoms with Crippen molar-refractivity contribution in [2.75, 3.05) is 20.3 Å². The van der Waals surface area contributed by atoms with E-state index in [0.717, 1.165) is 32.5 Å². The Labute approximate surface area is 69.9 Å². The zero-order valence-electron chi connectivity index (χ0n) is 7.93. The molecule has 0 fully saturated rings. The largest absolute Gasteiger partial charge is 0.381 e. The van der Waals surface area contributed by atoms with Gasteiger partial charge in [-0.15, -0.1) is 0 Å². The minimum Gasteiger partial charge on any atom is -0.381 e. The smallest absolute Gasteiger partial charge is 0.0590 e. The molecule has 2 nitrogen and oxygen atoms in total. The monoisotopic (exact) mass is 160 g/mol. The van der Waals surface area contributed by atoms with Crippen molar-refractivity contribution in [1.29, 1.82) is 0 Å². The van der Waals surface area contributed by atoms with E-state index in [-0.39, 0.29) is 0 Å². The molecule has 0 aromatic carbocycles. The first-order chi connectivity index (χ1) is 5.35. The van der Waals surface area contributed by atoms with E-state index in [9.17, 15) is 0 Å². The van der Waals surface area contributed by atoms with Gasteiger partial charge in [0, 0.05) is 20.3 Å². The Morgan fingerprint density at radius 2 is 1.91 bits per heavy atom. The minimum atomic E-state index is 0.381. The number of hydrogen-bond acceptors (Lipinski definition) is 2. The van der Waals surface area contributed by atoms with Crippen molar-refractivity contribution in [3.8, 4) is 0 Å². The zero-order valence-corrected chi connectivity index (χ0v) is 7.93. The Kier molecular flexibility index (Phi) is 7.96. The lowest BCUT2D eigenvalue weighted by Gasteiger charge is -2.12. The van der Waals surface area contributed by atoms with E-state index in [1.165, 1.54) is 0 Å². The molecular weight excluding hydrogens is 140 g/mol. The molecule has 0 heterocycles. The van der Waals surface area contributed by atoms with Crippen LogP contribution in [-0.4, -0.2) is 26.4 Å². The summed E-state index contributed by atoms with van der Waals surface area (Å²) in [6.45, 7) is 5.96. The molecule has 0 amide bonds. The van der Waals surface area contributed by atoms with Crippen molar-refractivity contribution in [1.82, 2.24) is 0 Å². The van der Waals surface area contributed by atoms with Gasteiger partial charge in [0.25, 0.3) is 0 Å². The van der Waals surface area contributed by atoms with Crippen LogP contribution in [0.15, 0.2) is 0 Å². The average Bonchev–Trinajstić information content (AvgIpc) is 2.05. The van der Waals surface area contributed by atoms with Gasteiger partial charge >= 0.3 is 0 Å². The molecule has 1 atom stereocenters. The van der Waals surface area contributed by atoms with Gasteiger partial charge in [-0.05, 0) is 19.3 Å². The molecule has 0 N–H and O–H groups in total. The van der Waals surface area contributed by atoms with E-state index in [0.29, 0.717) is 6.10 Å². The molecule has 0 spiro atoms. The van der Waals surface area contributed by atoms with E-state index in [2.05, 4.69) is 13.8 Å². The van der Waals surface area contributed by atoms with Crippen LogP contribution in [0.1, 0.15) is 33.1 Å². The first-order valence-electron chi connectivity index (χ1n) is 4.45. The van der Waals surface area contributed by atoms with Crippen LogP contribution in [0.4, 0.5) is 0 Å². The Hall–Kier alpha value is -0.0800. The molecule has 0 aliphatic heterocycles. The maximum atomic E-state index is 5.34. The fourth-order valence-electron chi connectivity index (χ4n) is 0.950. The standard InChI is InChI=1S/C9H20O2/c1-4-7-11-8-6-9(5-2)10-3/h9H,4-8H2,1-3H3. The van der Waals surface area contributed by atoms with Crippen molar-refractivity contribution in [3.05, 3.63) is 0 Å². The molecule has 0 saturated heterocycles. The van der Waals surface area contributed by atoms with Crippen molar-refractivity contribution >= 4 is 0 Å². The second kappa shape index (κ2) is 8.02. The first-order valence-corrected chi connectivity index (χ1v) is 4.45. The van der Waals surface area contributed by atoms with Crippen LogP contribution >= 0.6 is 0 Å². The van der Waals surface area contributed by atoms with E-state index in [1.807, 2.05) is 0 Å². The van der Waals surface area contributed by atoms with Crippen LogP contribution in [0.2, 0.25) is 0 Å². The summed E-state index contributed by atoms with van der Waals surface area (Å²) >= 11 is 0. The Morgan fingerprint density at radius 3 is 2.36 bits per heavy atom. The number of hydrogen-bond donors (Lipinski definition) is 0. The highest BCUT2D eigenvalue weighted by molar-refractivity contribution is 4.52. The van der Waals surface area contributed by atoms with E-state index in [4.69, 9.17) is 9.47 Å². The third-order valence-corrected chi connectivity index (χ3v) is 1.72. The Bertz CT molecular complexity index is 70.0. The molecule has 0 aromatic heterocycles. The molecule has 0 rings (SSSR count). The molecule has 11 heavy (non-hydrogen) atoms. The fourth-order valence-corrected chi connectivity index (χ4v) is 0.950. The molecule has 0 aliphatic rings. The van der Waals surface area contributed by atoms with Crippen LogP contribution in [0.25, 0.3) is 0 Å². The van der Waals surface area contributed by atoms with Crippen LogP contribution in [0.3, 0.4) is 0 Å².